The molecule has 1 aromatic heterocycles. The molecule has 5 nitrogen and oxygen atoms in total. The van der Waals surface area contributed by atoms with Crippen molar-refractivity contribution in [1.82, 2.24) is 14.9 Å². The monoisotopic (exact) mass is 304 g/mol. The van der Waals surface area contributed by atoms with Crippen LogP contribution in [0.3, 0.4) is 0 Å². The molecule has 0 atom stereocenters. The minimum atomic E-state index is 0.268. The molecule has 5 heteroatoms. The first-order valence-corrected chi connectivity index (χ1v) is 8.42. The Morgan fingerprint density at radius 2 is 2.05 bits per heavy atom. The van der Waals surface area contributed by atoms with Crippen molar-refractivity contribution in [1.29, 1.82) is 0 Å². The molecule has 0 bridgehead atoms. The van der Waals surface area contributed by atoms with Crippen LogP contribution in [0.4, 0.5) is 5.82 Å². The average Bonchev–Trinajstić information content (AvgIpc) is 2.53. The molecule has 122 valence electrons. The van der Waals surface area contributed by atoms with Crippen LogP contribution < -0.4 is 4.90 Å². The van der Waals surface area contributed by atoms with Crippen LogP contribution in [0.25, 0.3) is 0 Å². The number of fused-ring (bicyclic) bond motifs is 1. The van der Waals surface area contributed by atoms with Gasteiger partial charge in [0.05, 0.1) is 12.2 Å². The lowest BCUT2D eigenvalue weighted by molar-refractivity contribution is -0.132. The number of nitrogens with zero attached hydrogens (tertiary/aromatic N) is 4. The third-order valence-electron chi connectivity index (χ3n) is 4.33. The Balaban J connectivity index is 2.16. The van der Waals surface area contributed by atoms with Crippen LogP contribution in [0.1, 0.15) is 56.6 Å². The molecule has 1 amide bonds. The van der Waals surface area contributed by atoms with E-state index in [1.807, 2.05) is 18.9 Å². The molecule has 0 spiro atoms. The standard InChI is InChI=1S/C17H28N4O/c1-5-7-8-9-16(22)21-11-10-15-14(12-21)17(20(4)6-2)19-13(3)18-15/h5-12H2,1-4H3. The van der Waals surface area contributed by atoms with Crippen LogP contribution in [0.5, 0.6) is 0 Å². The number of rotatable bonds is 6. The highest BCUT2D eigenvalue weighted by molar-refractivity contribution is 5.76. The molecule has 0 unspecified atom stereocenters. The molecule has 0 fully saturated rings. The Hall–Kier alpha value is -1.65. The fourth-order valence-corrected chi connectivity index (χ4v) is 2.88. The van der Waals surface area contributed by atoms with Gasteiger partial charge in [-0.05, 0) is 20.3 Å². The quantitative estimate of drug-likeness (QED) is 0.758. The number of aromatic nitrogens is 2. The number of hydrogen-bond donors (Lipinski definition) is 0. The molecule has 0 saturated carbocycles. The van der Waals surface area contributed by atoms with E-state index in [1.54, 1.807) is 0 Å². The van der Waals surface area contributed by atoms with Crippen LogP contribution in [0.15, 0.2) is 0 Å². The summed E-state index contributed by atoms with van der Waals surface area (Å²) in [6.45, 7) is 8.54. The Labute approximate surface area is 133 Å². The van der Waals surface area contributed by atoms with Crippen LogP contribution in [0, 0.1) is 6.92 Å². The predicted molar refractivity (Wildman–Crippen MR) is 89.0 cm³/mol. The number of carbonyl (C=O) groups is 1. The van der Waals surface area contributed by atoms with Gasteiger partial charge in [-0.2, -0.15) is 0 Å². The Kier molecular flexibility index (Phi) is 5.75. The van der Waals surface area contributed by atoms with Gasteiger partial charge < -0.3 is 9.80 Å². The van der Waals surface area contributed by atoms with E-state index < -0.39 is 0 Å². The summed E-state index contributed by atoms with van der Waals surface area (Å²) in [5, 5.41) is 0. The van der Waals surface area contributed by atoms with Gasteiger partial charge in [0.1, 0.15) is 11.6 Å². The van der Waals surface area contributed by atoms with Gasteiger partial charge in [0.15, 0.2) is 0 Å². The van der Waals surface area contributed by atoms with E-state index >= 15 is 0 Å². The van der Waals surface area contributed by atoms with E-state index in [9.17, 15) is 4.79 Å². The van der Waals surface area contributed by atoms with Gasteiger partial charge in [0.25, 0.3) is 0 Å². The summed E-state index contributed by atoms with van der Waals surface area (Å²) < 4.78 is 0. The molecule has 1 aromatic rings. The van der Waals surface area contributed by atoms with E-state index in [4.69, 9.17) is 0 Å². The first-order valence-electron chi connectivity index (χ1n) is 8.42. The third kappa shape index (κ3) is 3.76. The van der Waals surface area contributed by atoms with E-state index in [-0.39, 0.29) is 5.91 Å². The lowest BCUT2D eigenvalue weighted by Crippen LogP contribution is -2.37. The van der Waals surface area contributed by atoms with E-state index in [0.29, 0.717) is 13.0 Å². The number of unbranched alkanes of at least 4 members (excludes halogenated alkanes) is 2. The number of amides is 1. The second-order valence-corrected chi connectivity index (χ2v) is 6.06. The molecule has 1 aliphatic rings. The van der Waals surface area contributed by atoms with Gasteiger partial charge in [-0.3, -0.25) is 4.79 Å². The summed E-state index contributed by atoms with van der Waals surface area (Å²) in [5.74, 6) is 2.07. The van der Waals surface area contributed by atoms with Gasteiger partial charge >= 0.3 is 0 Å². The van der Waals surface area contributed by atoms with Gasteiger partial charge in [-0.25, -0.2) is 9.97 Å². The van der Waals surface area contributed by atoms with Crippen molar-refractivity contribution >= 4 is 11.7 Å². The van der Waals surface area contributed by atoms with Crippen molar-refractivity contribution < 1.29 is 4.79 Å². The minimum Gasteiger partial charge on any atom is -0.360 e. The lowest BCUT2D eigenvalue weighted by atomic mass is 10.0. The summed E-state index contributed by atoms with van der Waals surface area (Å²) in [5.41, 5.74) is 2.24. The minimum absolute atomic E-state index is 0.268. The first kappa shape index (κ1) is 16.7. The molecular formula is C17H28N4O. The van der Waals surface area contributed by atoms with E-state index in [1.165, 1.54) is 0 Å². The van der Waals surface area contributed by atoms with Gasteiger partial charge in [-0.15, -0.1) is 0 Å². The maximum absolute atomic E-state index is 12.4. The number of carbonyl (C=O) groups excluding carboxylic acids is 1. The molecule has 22 heavy (non-hydrogen) atoms. The van der Waals surface area contributed by atoms with Crippen LogP contribution in [0.2, 0.25) is 0 Å². The zero-order valence-corrected chi connectivity index (χ0v) is 14.4. The summed E-state index contributed by atoms with van der Waals surface area (Å²) in [7, 11) is 2.05. The van der Waals surface area contributed by atoms with Crippen LogP contribution in [-0.4, -0.2) is 40.9 Å². The highest BCUT2D eigenvalue weighted by atomic mass is 16.2. The van der Waals surface area contributed by atoms with E-state index in [0.717, 1.165) is 61.7 Å². The average molecular weight is 304 g/mol. The molecule has 0 saturated heterocycles. The number of anilines is 1. The summed E-state index contributed by atoms with van der Waals surface area (Å²) in [4.78, 5) is 25.7. The molecule has 0 aliphatic carbocycles. The summed E-state index contributed by atoms with van der Waals surface area (Å²) in [6.07, 6.45) is 4.76. The van der Waals surface area contributed by atoms with Crippen LogP contribution >= 0.6 is 0 Å². The van der Waals surface area contributed by atoms with Crippen molar-refractivity contribution in [2.45, 2.75) is 59.4 Å². The molecular weight excluding hydrogens is 276 g/mol. The largest absolute Gasteiger partial charge is 0.360 e. The van der Waals surface area contributed by atoms with Crippen LogP contribution in [-0.2, 0) is 17.8 Å². The number of hydrogen-bond acceptors (Lipinski definition) is 4. The summed E-state index contributed by atoms with van der Waals surface area (Å²) >= 11 is 0. The topological polar surface area (TPSA) is 49.3 Å². The van der Waals surface area contributed by atoms with Crippen molar-refractivity contribution in [2.24, 2.45) is 0 Å². The second-order valence-electron chi connectivity index (χ2n) is 6.06. The highest BCUT2D eigenvalue weighted by Crippen LogP contribution is 2.26. The van der Waals surface area contributed by atoms with Crippen molar-refractivity contribution in [3.63, 3.8) is 0 Å². The van der Waals surface area contributed by atoms with E-state index in [2.05, 4.69) is 28.7 Å². The van der Waals surface area contributed by atoms with Crippen molar-refractivity contribution in [2.75, 3.05) is 25.0 Å². The van der Waals surface area contributed by atoms with Gasteiger partial charge in [0, 0.05) is 38.5 Å². The summed E-state index contributed by atoms with van der Waals surface area (Å²) in [6, 6.07) is 0. The highest BCUT2D eigenvalue weighted by Gasteiger charge is 2.25. The fourth-order valence-electron chi connectivity index (χ4n) is 2.88. The number of aryl methyl sites for hydroxylation is 1. The predicted octanol–water partition coefficient (Wildman–Crippen LogP) is 2.71. The van der Waals surface area contributed by atoms with Crippen molar-refractivity contribution in [3.05, 3.63) is 17.1 Å². The maximum Gasteiger partial charge on any atom is 0.222 e. The van der Waals surface area contributed by atoms with Gasteiger partial charge in [0.2, 0.25) is 5.91 Å². The molecule has 0 N–H and O–H groups in total. The lowest BCUT2D eigenvalue weighted by Gasteiger charge is -2.31. The molecule has 0 aromatic carbocycles. The zero-order valence-electron chi connectivity index (χ0n) is 14.4. The van der Waals surface area contributed by atoms with Crippen molar-refractivity contribution in [3.8, 4) is 0 Å². The normalized spacial score (nSPS) is 13.9. The third-order valence-corrected chi connectivity index (χ3v) is 4.33. The molecule has 1 aliphatic heterocycles. The zero-order chi connectivity index (χ0) is 16.1. The Bertz CT molecular complexity index is 530. The Morgan fingerprint density at radius 1 is 1.27 bits per heavy atom. The van der Waals surface area contributed by atoms with Gasteiger partial charge in [-0.1, -0.05) is 19.8 Å². The molecule has 0 radical (unpaired) electrons. The molecule has 2 rings (SSSR count). The maximum atomic E-state index is 12.4. The molecule has 2 heterocycles. The SMILES string of the molecule is CCCCCC(=O)N1CCc2nc(C)nc(N(C)CC)c2C1. The smallest absolute Gasteiger partial charge is 0.222 e. The fraction of sp³-hybridized carbons (Fsp3) is 0.706. The second kappa shape index (κ2) is 7.56. The first-order chi connectivity index (χ1) is 10.6. The Morgan fingerprint density at radius 3 is 2.73 bits per heavy atom.